The van der Waals surface area contributed by atoms with Crippen LogP contribution in [0.3, 0.4) is 0 Å². The summed E-state index contributed by atoms with van der Waals surface area (Å²) >= 11 is 0. The molecule has 0 rings (SSSR count). The smallest absolute Gasteiger partial charge is 0.313 e. The van der Waals surface area contributed by atoms with E-state index in [0.29, 0.717) is 0 Å². The Morgan fingerprint density at radius 2 is 1.89 bits per heavy atom. The monoisotopic (exact) mass is 180 g/mol. The maximum Gasteiger partial charge on any atom is 0.313 e. The van der Waals surface area contributed by atoms with Gasteiger partial charge in [0.05, 0.1) is 0 Å². The molecule has 0 aromatic rings. The number of esters is 2. The summed E-state index contributed by atoms with van der Waals surface area (Å²) in [7, 11) is 0. The number of carbonyl (C=O) groups is 2. The Kier molecular flexibility index (Phi) is 7.56. The van der Waals surface area contributed by atoms with Crippen molar-refractivity contribution in [3.05, 3.63) is 0 Å². The van der Waals surface area contributed by atoms with Gasteiger partial charge in [-0.15, -0.1) is 0 Å². The normalized spacial score (nSPS) is 7.33. The van der Waals surface area contributed by atoms with Gasteiger partial charge in [-0.25, -0.2) is 0 Å². The van der Waals surface area contributed by atoms with Crippen LogP contribution in [0, 0.1) is 0 Å². The van der Waals surface area contributed by atoms with Gasteiger partial charge in [0, 0.05) is 32.8 Å². The molecular formula is C5H8O3Zn. The summed E-state index contributed by atoms with van der Waals surface area (Å²) in [5.41, 5.74) is 0. The summed E-state index contributed by atoms with van der Waals surface area (Å²) in [6.45, 7) is 2.83. The summed E-state index contributed by atoms with van der Waals surface area (Å²) < 4.78 is 4.12. The van der Waals surface area contributed by atoms with Crippen molar-refractivity contribution in [3.63, 3.8) is 0 Å². The first-order valence-corrected chi connectivity index (χ1v) is 2.38. The largest absolute Gasteiger partial charge is 0.393 e. The van der Waals surface area contributed by atoms with Crippen LogP contribution >= 0.6 is 0 Å². The maximum atomic E-state index is 10.2. The fraction of sp³-hybridized carbons (Fsp3) is 0.600. The SMILES string of the molecule is CCC(=O)OC(C)=O.[Zn]. The Balaban J connectivity index is 0. The molecule has 0 bridgehead atoms. The van der Waals surface area contributed by atoms with Crippen molar-refractivity contribution < 1.29 is 33.8 Å². The molecule has 0 aliphatic heterocycles. The van der Waals surface area contributed by atoms with Crippen LogP contribution in [0.25, 0.3) is 0 Å². The molecule has 48 valence electrons. The fourth-order valence-electron chi connectivity index (χ4n) is 0.232. The summed E-state index contributed by atoms with van der Waals surface area (Å²) in [5, 5.41) is 0. The van der Waals surface area contributed by atoms with Gasteiger partial charge in [0.1, 0.15) is 0 Å². The Bertz CT molecular complexity index is 111. The Morgan fingerprint density at radius 1 is 1.44 bits per heavy atom. The molecule has 9 heavy (non-hydrogen) atoms. The van der Waals surface area contributed by atoms with E-state index in [2.05, 4.69) is 4.74 Å². The van der Waals surface area contributed by atoms with E-state index in [0.717, 1.165) is 0 Å². The van der Waals surface area contributed by atoms with Crippen molar-refractivity contribution >= 4 is 11.9 Å². The molecule has 0 atom stereocenters. The molecule has 0 amide bonds. The van der Waals surface area contributed by atoms with Crippen LogP contribution in [-0.4, -0.2) is 11.9 Å². The van der Waals surface area contributed by atoms with Gasteiger partial charge in [0.25, 0.3) is 0 Å². The molecular weight excluding hydrogens is 173 g/mol. The average Bonchev–Trinajstić information content (AvgIpc) is 1.65. The van der Waals surface area contributed by atoms with Crippen LogP contribution in [0.4, 0.5) is 0 Å². The van der Waals surface area contributed by atoms with E-state index in [1.807, 2.05) is 0 Å². The van der Waals surface area contributed by atoms with Crippen LogP contribution < -0.4 is 0 Å². The van der Waals surface area contributed by atoms with Crippen LogP contribution in [0.5, 0.6) is 0 Å². The van der Waals surface area contributed by atoms with E-state index in [4.69, 9.17) is 0 Å². The topological polar surface area (TPSA) is 43.4 Å². The molecule has 0 heterocycles. The quantitative estimate of drug-likeness (QED) is 0.336. The molecule has 0 spiro atoms. The van der Waals surface area contributed by atoms with Gasteiger partial charge in [-0.2, -0.15) is 0 Å². The second-order valence-electron chi connectivity index (χ2n) is 1.32. The van der Waals surface area contributed by atoms with Crippen LogP contribution in [0.2, 0.25) is 0 Å². The van der Waals surface area contributed by atoms with Crippen molar-refractivity contribution in [2.75, 3.05) is 0 Å². The Morgan fingerprint density at radius 3 is 2.00 bits per heavy atom. The second-order valence-corrected chi connectivity index (χ2v) is 1.32. The van der Waals surface area contributed by atoms with E-state index < -0.39 is 11.9 Å². The first-order chi connectivity index (χ1) is 3.66. The molecule has 0 aromatic heterocycles. The molecule has 0 saturated carbocycles. The van der Waals surface area contributed by atoms with Gasteiger partial charge in [0.15, 0.2) is 0 Å². The second kappa shape index (κ2) is 5.89. The zero-order valence-electron chi connectivity index (χ0n) is 5.64. The third-order valence-corrected chi connectivity index (χ3v) is 0.546. The zero-order chi connectivity index (χ0) is 6.57. The van der Waals surface area contributed by atoms with E-state index in [1.165, 1.54) is 6.92 Å². The Labute approximate surface area is 66.5 Å². The van der Waals surface area contributed by atoms with Gasteiger partial charge in [-0.1, -0.05) is 6.92 Å². The number of hydrogen-bond donors (Lipinski definition) is 0. The van der Waals surface area contributed by atoms with Crippen molar-refractivity contribution in [1.82, 2.24) is 0 Å². The van der Waals surface area contributed by atoms with Gasteiger partial charge < -0.3 is 4.74 Å². The number of rotatable bonds is 1. The number of ether oxygens (including phenoxy) is 1. The zero-order valence-corrected chi connectivity index (χ0v) is 8.61. The predicted octanol–water partition coefficient (Wildman–Crippen LogP) is 0.484. The first-order valence-electron chi connectivity index (χ1n) is 2.38. The minimum absolute atomic E-state index is 0. The molecule has 0 radical (unpaired) electrons. The third kappa shape index (κ3) is 7.76. The maximum absolute atomic E-state index is 10.2. The number of carbonyl (C=O) groups excluding carboxylic acids is 2. The van der Waals surface area contributed by atoms with Crippen LogP contribution in [0.15, 0.2) is 0 Å². The van der Waals surface area contributed by atoms with E-state index in [-0.39, 0.29) is 25.9 Å². The van der Waals surface area contributed by atoms with Gasteiger partial charge in [0.2, 0.25) is 0 Å². The van der Waals surface area contributed by atoms with E-state index >= 15 is 0 Å². The molecule has 0 aliphatic rings. The van der Waals surface area contributed by atoms with Gasteiger partial charge >= 0.3 is 11.9 Å². The fourth-order valence-corrected chi connectivity index (χ4v) is 0.232. The van der Waals surface area contributed by atoms with Crippen LogP contribution in [0.1, 0.15) is 20.3 Å². The molecule has 0 saturated heterocycles. The minimum Gasteiger partial charge on any atom is -0.393 e. The first kappa shape index (κ1) is 11.5. The van der Waals surface area contributed by atoms with E-state index in [1.54, 1.807) is 6.92 Å². The molecule has 0 aromatic carbocycles. The third-order valence-electron chi connectivity index (χ3n) is 0.546. The standard InChI is InChI=1S/C5H8O3.Zn/c1-3-5(7)8-4(2)6;/h3H2,1-2H3;. The summed E-state index contributed by atoms with van der Waals surface area (Å²) in [6.07, 6.45) is 0.250. The molecule has 3 nitrogen and oxygen atoms in total. The van der Waals surface area contributed by atoms with Gasteiger partial charge in [-0.3, -0.25) is 9.59 Å². The van der Waals surface area contributed by atoms with Gasteiger partial charge in [-0.05, 0) is 0 Å². The molecule has 0 fully saturated rings. The average molecular weight is 182 g/mol. The molecule has 4 heteroatoms. The summed E-state index contributed by atoms with van der Waals surface area (Å²) in [5.74, 6) is -1.02. The minimum atomic E-state index is -0.545. The van der Waals surface area contributed by atoms with Crippen molar-refractivity contribution in [2.45, 2.75) is 20.3 Å². The Hall–Kier alpha value is -0.237. The molecule has 0 N–H and O–H groups in total. The van der Waals surface area contributed by atoms with Crippen molar-refractivity contribution in [2.24, 2.45) is 0 Å². The van der Waals surface area contributed by atoms with Crippen molar-refractivity contribution in [3.8, 4) is 0 Å². The van der Waals surface area contributed by atoms with E-state index in [9.17, 15) is 9.59 Å². The summed E-state index contributed by atoms with van der Waals surface area (Å²) in [4.78, 5) is 20.1. The van der Waals surface area contributed by atoms with Crippen LogP contribution in [-0.2, 0) is 33.8 Å². The molecule has 0 aliphatic carbocycles. The molecule has 0 unspecified atom stereocenters. The predicted molar refractivity (Wildman–Crippen MR) is 27.1 cm³/mol. The number of hydrogen-bond acceptors (Lipinski definition) is 3. The summed E-state index contributed by atoms with van der Waals surface area (Å²) in [6, 6.07) is 0. The van der Waals surface area contributed by atoms with Crippen molar-refractivity contribution in [1.29, 1.82) is 0 Å².